The molecule has 4 aromatic rings. The summed E-state index contributed by atoms with van der Waals surface area (Å²) in [5.74, 6) is -0.239. The minimum atomic E-state index is -0.239. The fourth-order valence-corrected chi connectivity index (χ4v) is 2.50. The van der Waals surface area contributed by atoms with Gasteiger partial charge in [-0.05, 0) is 48.5 Å². The SMILES string of the molecule is Fc1ccc(Nc2ccc3oc4ccccc4c3c2)cc1. The molecule has 0 aliphatic heterocycles. The second-order valence-electron chi connectivity index (χ2n) is 4.94. The number of fused-ring (bicyclic) bond motifs is 3. The van der Waals surface area contributed by atoms with Gasteiger partial charge in [0.25, 0.3) is 0 Å². The first-order valence-corrected chi connectivity index (χ1v) is 6.73. The van der Waals surface area contributed by atoms with Crippen LogP contribution in [0, 0.1) is 5.82 Å². The first kappa shape index (κ1) is 12.0. The van der Waals surface area contributed by atoms with Gasteiger partial charge in [-0.15, -0.1) is 0 Å². The zero-order chi connectivity index (χ0) is 14.2. The van der Waals surface area contributed by atoms with Gasteiger partial charge < -0.3 is 9.73 Å². The zero-order valence-electron chi connectivity index (χ0n) is 11.1. The van der Waals surface area contributed by atoms with Crippen LogP contribution < -0.4 is 5.32 Å². The third-order valence-corrected chi connectivity index (χ3v) is 3.51. The van der Waals surface area contributed by atoms with E-state index in [0.717, 1.165) is 33.3 Å². The van der Waals surface area contributed by atoms with Gasteiger partial charge in [0.1, 0.15) is 17.0 Å². The Labute approximate surface area is 120 Å². The molecule has 102 valence electrons. The Hall–Kier alpha value is -2.81. The lowest BCUT2D eigenvalue weighted by atomic mass is 10.1. The third-order valence-electron chi connectivity index (χ3n) is 3.51. The van der Waals surface area contributed by atoms with Gasteiger partial charge in [0.2, 0.25) is 0 Å². The molecule has 3 heteroatoms. The summed E-state index contributed by atoms with van der Waals surface area (Å²) < 4.78 is 18.7. The van der Waals surface area contributed by atoms with E-state index in [0.29, 0.717) is 0 Å². The number of nitrogens with one attached hydrogen (secondary N) is 1. The fourth-order valence-electron chi connectivity index (χ4n) is 2.50. The maximum atomic E-state index is 12.9. The molecule has 0 fully saturated rings. The van der Waals surface area contributed by atoms with Crippen LogP contribution in [0.5, 0.6) is 0 Å². The molecule has 0 saturated carbocycles. The highest BCUT2D eigenvalue weighted by atomic mass is 19.1. The van der Waals surface area contributed by atoms with Gasteiger partial charge in [0.05, 0.1) is 0 Å². The van der Waals surface area contributed by atoms with E-state index in [2.05, 4.69) is 5.32 Å². The van der Waals surface area contributed by atoms with Crippen molar-refractivity contribution in [1.29, 1.82) is 0 Å². The van der Waals surface area contributed by atoms with Crippen molar-refractivity contribution < 1.29 is 8.81 Å². The van der Waals surface area contributed by atoms with Gasteiger partial charge in [0.15, 0.2) is 0 Å². The van der Waals surface area contributed by atoms with Crippen molar-refractivity contribution in [3.05, 3.63) is 72.5 Å². The zero-order valence-corrected chi connectivity index (χ0v) is 11.1. The maximum Gasteiger partial charge on any atom is 0.135 e. The average Bonchev–Trinajstić information content (AvgIpc) is 2.88. The van der Waals surface area contributed by atoms with Crippen LogP contribution in [0.15, 0.2) is 71.1 Å². The molecule has 0 bridgehead atoms. The maximum absolute atomic E-state index is 12.9. The quantitative estimate of drug-likeness (QED) is 0.525. The third kappa shape index (κ3) is 2.13. The normalized spacial score (nSPS) is 11.1. The van der Waals surface area contributed by atoms with Crippen LogP contribution in [0.1, 0.15) is 0 Å². The molecule has 1 aromatic heterocycles. The summed E-state index contributed by atoms with van der Waals surface area (Å²) in [5, 5.41) is 5.43. The number of furan rings is 1. The van der Waals surface area contributed by atoms with Gasteiger partial charge in [-0.3, -0.25) is 0 Å². The minimum absolute atomic E-state index is 0.239. The van der Waals surface area contributed by atoms with Crippen LogP contribution in [-0.4, -0.2) is 0 Å². The molecule has 21 heavy (non-hydrogen) atoms. The number of benzene rings is 3. The van der Waals surface area contributed by atoms with E-state index in [9.17, 15) is 4.39 Å². The predicted octanol–water partition coefficient (Wildman–Crippen LogP) is 5.47. The molecule has 0 amide bonds. The molecule has 0 aliphatic rings. The summed E-state index contributed by atoms with van der Waals surface area (Å²) in [7, 11) is 0. The standard InChI is InChI=1S/C18H12FNO/c19-12-5-7-13(8-6-12)20-14-9-10-18-16(11-14)15-3-1-2-4-17(15)21-18/h1-11,20H. The van der Waals surface area contributed by atoms with Crippen molar-refractivity contribution in [3.63, 3.8) is 0 Å². The van der Waals surface area contributed by atoms with Crippen LogP contribution in [0.4, 0.5) is 15.8 Å². The summed E-state index contributed by atoms with van der Waals surface area (Å²) in [6, 6.07) is 20.2. The van der Waals surface area contributed by atoms with Crippen LogP contribution in [0.3, 0.4) is 0 Å². The Bertz CT molecular complexity index is 925. The van der Waals surface area contributed by atoms with Crippen molar-refractivity contribution in [2.75, 3.05) is 5.32 Å². The first-order valence-electron chi connectivity index (χ1n) is 6.73. The van der Waals surface area contributed by atoms with Gasteiger partial charge in [0, 0.05) is 22.1 Å². The second-order valence-corrected chi connectivity index (χ2v) is 4.94. The number of anilines is 2. The summed E-state index contributed by atoms with van der Waals surface area (Å²) in [5.41, 5.74) is 3.54. The Morgan fingerprint density at radius 2 is 1.43 bits per heavy atom. The Kier molecular flexibility index (Phi) is 2.64. The van der Waals surface area contributed by atoms with Crippen molar-refractivity contribution in [3.8, 4) is 0 Å². The number of rotatable bonds is 2. The highest BCUT2D eigenvalue weighted by molar-refractivity contribution is 6.06. The Morgan fingerprint density at radius 3 is 2.29 bits per heavy atom. The van der Waals surface area contributed by atoms with Crippen molar-refractivity contribution in [2.45, 2.75) is 0 Å². The largest absolute Gasteiger partial charge is 0.456 e. The topological polar surface area (TPSA) is 25.2 Å². The predicted molar refractivity (Wildman–Crippen MR) is 83.4 cm³/mol. The first-order chi connectivity index (χ1) is 10.3. The molecule has 0 unspecified atom stereocenters. The number of hydrogen-bond acceptors (Lipinski definition) is 2. The van der Waals surface area contributed by atoms with E-state index in [1.54, 1.807) is 12.1 Å². The van der Waals surface area contributed by atoms with Crippen LogP contribution >= 0.6 is 0 Å². The number of halogens is 1. The molecule has 4 rings (SSSR count). The van der Waals surface area contributed by atoms with E-state index in [1.807, 2.05) is 42.5 Å². The van der Waals surface area contributed by atoms with Crippen molar-refractivity contribution in [2.24, 2.45) is 0 Å². The van der Waals surface area contributed by atoms with Gasteiger partial charge in [-0.1, -0.05) is 18.2 Å². The van der Waals surface area contributed by atoms with Crippen LogP contribution in [-0.2, 0) is 0 Å². The van der Waals surface area contributed by atoms with Gasteiger partial charge in [-0.2, -0.15) is 0 Å². The Balaban J connectivity index is 1.79. The highest BCUT2D eigenvalue weighted by Gasteiger charge is 2.06. The van der Waals surface area contributed by atoms with Crippen LogP contribution in [0.2, 0.25) is 0 Å². The molecular weight excluding hydrogens is 265 g/mol. The fraction of sp³-hybridized carbons (Fsp3) is 0. The summed E-state index contributed by atoms with van der Waals surface area (Å²) >= 11 is 0. The molecule has 1 N–H and O–H groups in total. The lowest BCUT2D eigenvalue weighted by molar-refractivity contribution is 0.628. The molecular formula is C18H12FNO. The summed E-state index contributed by atoms with van der Waals surface area (Å²) in [4.78, 5) is 0. The highest BCUT2D eigenvalue weighted by Crippen LogP contribution is 2.31. The van der Waals surface area contributed by atoms with Crippen LogP contribution in [0.25, 0.3) is 21.9 Å². The van der Waals surface area contributed by atoms with E-state index in [-0.39, 0.29) is 5.82 Å². The van der Waals surface area contributed by atoms with E-state index < -0.39 is 0 Å². The summed E-state index contributed by atoms with van der Waals surface area (Å²) in [6.07, 6.45) is 0. The summed E-state index contributed by atoms with van der Waals surface area (Å²) in [6.45, 7) is 0. The van der Waals surface area contributed by atoms with Gasteiger partial charge in [-0.25, -0.2) is 4.39 Å². The minimum Gasteiger partial charge on any atom is -0.456 e. The van der Waals surface area contributed by atoms with Crippen molar-refractivity contribution in [1.82, 2.24) is 0 Å². The molecule has 3 aromatic carbocycles. The average molecular weight is 277 g/mol. The molecule has 0 spiro atoms. The lowest BCUT2D eigenvalue weighted by Crippen LogP contribution is -1.89. The molecule has 0 aliphatic carbocycles. The van der Waals surface area contributed by atoms with Crippen molar-refractivity contribution >= 4 is 33.3 Å². The van der Waals surface area contributed by atoms with E-state index in [1.165, 1.54) is 12.1 Å². The second kappa shape index (κ2) is 4.63. The molecule has 0 saturated heterocycles. The molecule has 2 nitrogen and oxygen atoms in total. The number of hydrogen-bond donors (Lipinski definition) is 1. The van der Waals surface area contributed by atoms with Gasteiger partial charge >= 0.3 is 0 Å². The van der Waals surface area contributed by atoms with E-state index in [4.69, 9.17) is 4.42 Å². The smallest absolute Gasteiger partial charge is 0.135 e. The van der Waals surface area contributed by atoms with E-state index >= 15 is 0 Å². The lowest BCUT2D eigenvalue weighted by Gasteiger charge is -2.06. The Morgan fingerprint density at radius 1 is 0.714 bits per heavy atom. The number of para-hydroxylation sites is 1. The molecule has 0 atom stereocenters. The monoisotopic (exact) mass is 277 g/mol. The molecule has 1 heterocycles. The molecule has 0 radical (unpaired) electrons.